The fourth-order valence-electron chi connectivity index (χ4n) is 2.03. The summed E-state index contributed by atoms with van der Waals surface area (Å²) in [7, 11) is 0. The number of nitrogens with zero attached hydrogens (tertiary/aromatic N) is 2. The van der Waals surface area contributed by atoms with Crippen molar-refractivity contribution in [3.8, 4) is 5.69 Å². The molecule has 0 fully saturated rings. The van der Waals surface area contributed by atoms with E-state index in [0.717, 1.165) is 29.8 Å². The average molecular weight is 230 g/mol. The molecule has 1 aromatic heterocycles. The van der Waals surface area contributed by atoms with Crippen molar-refractivity contribution in [1.82, 2.24) is 9.78 Å². The van der Waals surface area contributed by atoms with Crippen LogP contribution in [0.1, 0.15) is 30.2 Å². The minimum absolute atomic E-state index is 0.0567. The maximum atomic E-state index is 9.31. The Hall–Kier alpha value is -1.61. The van der Waals surface area contributed by atoms with Gasteiger partial charge in [-0.3, -0.25) is 0 Å². The molecule has 0 unspecified atom stereocenters. The third-order valence-electron chi connectivity index (χ3n) is 2.86. The largest absolute Gasteiger partial charge is 0.392 e. The van der Waals surface area contributed by atoms with E-state index < -0.39 is 0 Å². The fourth-order valence-corrected chi connectivity index (χ4v) is 2.03. The first-order chi connectivity index (χ1) is 8.26. The van der Waals surface area contributed by atoms with Crippen molar-refractivity contribution < 1.29 is 5.11 Å². The standard InChI is InChI=1S/C14H18N2O/c1-3-5-14-12(10-17)9-15-16(14)13-7-4-6-11(2)8-13/h4,6-9,17H,3,5,10H2,1-2H3. The van der Waals surface area contributed by atoms with Crippen molar-refractivity contribution >= 4 is 0 Å². The average Bonchev–Trinajstić information content (AvgIpc) is 2.72. The van der Waals surface area contributed by atoms with Gasteiger partial charge in [-0.05, 0) is 31.0 Å². The van der Waals surface area contributed by atoms with E-state index in [4.69, 9.17) is 0 Å². The Kier molecular flexibility index (Phi) is 3.59. The molecule has 2 aromatic rings. The van der Waals surface area contributed by atoms with Crippen LogP contribution in [0.2, 0.25) is 0 Å². The summed E-state index contributed by atoms with van der Waals surface area (Å²) >= 11 is 0. The van der Waals surface area contributed by atoms with Gasteiger partial charge in [-0.15, -0.1) is 0 Å². The highest BCUT2D eigenvalue weighted by molar-refractivity contribution is 5.37. The predicted molar refractivity (Wildman–Crippen MR) is 68.2 cm³/mol. The summed E-state index contributed by atoms with van der Waals surface area (Å²) in [6, 6.07) is 8.24. The molecule has 0 aliphatic carbocycles. The van der Waals surface area contributed by atoms with Gasteiger partial charge in [0.1, 0.15) is 0 Å². The molecule has 0 amide bonds. The molecule has 0 radical (unpaired) electrons. The van der Waals surface area contributed by atoms with Crippen LogP contribution < -0.4 is 0 Å². The first-order valence-corrected chi connectivity index (χ1v) is 6.00. The molecule has 90 valence electrons. The second-order valence-electron chi connectivity index (χ2n) is 4.28. The Labute approximate surface area is 102 Å². The normalized spacial score (nSPS) is 10.8. The van der Waals surface area contributed by atoms with Crippen LogP contribution >= 0.6 is 0 Å². The van der Waals surface area contributed by atoms with Gasteiger partial charge in [0.2, 0.25) is 0 Å². The topological polar surface area (TPSA) is 38.1 Å². The minimum Gasteiger partial charge on any atom is -0.392 e. The molecule has 17 heavy (non-hydrogen) atoms. The maximum absolute atomic E-state index is 9.31. The van der Waals surface area contributed by atoms with Gasteiger partial charge < -0.3 is 5.11 Å². The molecule has 0 aliphatic rings. The maximum Gasteiger partial charge on any atom is 0.0715 e. The smallest absolute Gasteiger partial charge is 0.0715 e. The number of aromatic nitrogens is 2. The first kappa shape index (κ1) is 11.9. The van der Waals surface area contributed by atoms with E-state index >= 15 is 0 Å². The van der Waals surface area contributed by atoms with Crippen molar-refractivity contribution in [2.24, 2.45) is 0 Å². The Morgan fingerprint density at radius 2 is 2.18 bits per heavy atom. The lowest BCUT2D eigenvalue weighted by Gasteiger charge is -2.08. The van der Waals surface area contributed by atoms with E-state index in [2.05, 4.69) is 31.1 Å². The summed E-state index contributed by atoms with van der Waals surface area (Å²) in [5, 5.41) is 13.7. The number of benzene rings is 1. The zero-order valence-corrected chi connectivity index (χ0v) is 10.3. The van der Waals surface area contributed by atoms with E-state index in [1.165, 1.54) is 5.56 Å². The molecule has 2 rings (SSSR count). The van der Waals surface area contributed by atoms with Crippen LogP contribution in [0.25, 0.3) is 5.69 Å². The van der Waals surface area contributed by atoms with Gasteiger partial charge in [0.05, 0.1) is 18.5 Å². The third kappa shape index (κ3) is 2.39. The van der Waals surface area contributed by atoms with Crippen molar-refractivity contribution in [3.63, 3.8) is 0 Å². The van der Waals surface area contributed by atoms with Crippen LogP contribution in [0, 0.1) is 6.92 Å². The van der Waals surface area contributed by atoms with Gasteiger partial charge in [0.15, 0.2) is 0 Å². The molecular formula is C14H18N2O. The summed E-state index contributed by atoms with van der Waals surface area (Å²) in [4.78, 5) is 0. The fraction of sp³-hybridized carbons (Fsp3) is 0.357. The Bertz CT molecular complexity index is 503. The molecule has 0 saturated carbocycles. The number of hydrogen-bond donors (Lipinski definition) is 1. The van der Waals surface area contributed by atoms with Crippen molar-refractivity contribution in [3.05, 3.63) is 47.3 Å². The van der Waals surface area contributed by atoms with Gasteiger partial charge in [-0.2, -0.15) is 5.10 Å². The van der Waals surface area contributed by atoms with Gasteiger partial charge >= 0.3 is 0 Å². The molecule has 0 atom stereocenters. The van der Waals surface area contributed by atoms with Gasteiger partial charge in [0.25, 0.3) is 0 Å². The lowest BCUT2D eigenvalue weighted by atomic mass is 10.1. The summed E-state index contributed by atoms with van der Waals surface area (Å²) in [6.45, 7) is 4.26. The highest BCUT2D eigenvalue weighted by Gasteiger charge is 2.10. The summed E-state index contributed by atoms with van der Waals surface area (Å²) in [5.41, 5.74) is 4.31. The zero-order valence-electron chi connectivity index (χ0n) is 10.3. The van der Waals surface area contributed by atoms with Crippen molar-refractivity contribution in [2.45, 2.75) is 33.3 Å². The number of hydrogen-bond acceptors (Lipinski definition) is 2. The molecule has 0 bridgehead atoms. The molecule has 3 nitrogen and oxygen atoms in total. The van der Waals surface area contributed by atoms with Crippen molar-refractivity contribution in [2.75, 3.05) is 0 Å². The van der Waals surface area contributed by atoms with Crippen LogP contribution in [0.15, 0.2) is 30.5 Å². The summed E-state index contributed by atoms with van der Waals surface area (Å²) in [5.74, 6) is 0. The third-order valence-corrected chi connectivity index (χ3v) is 2.86. The highest BCUT2D eigenvalue weighted by Crippen LogP contribution is 2.17. The van der Waals surface area contributed by atoms with Gasteiger partial charge in [-0.25, -0.2) is 4.68 Å². The van der Waals surface area contributed by atoms with Crippen LogP contribution in [-0.4, -0.2) is 14.9 Å². The molecule has 1 aromatic carbocycles. The summed E-state index contributed by atoms with van der Waals surface area (Å²) in [6.07, 6.45) is 3.74. The SMILES string of the molecule is CCCc1c(CO)cnn1-c1cccc(C)c1. The van der Waals surface area contributed by atoms with E-state index in [1.807, 2.05) is 16.8 Å². The lowest BCUT2D eigenvalue weighted by molar-refractivity contribution is 0.280. The molecule has 0 spiro atoms. The monoisotopic (exact) mass is 230 g/mol. The van der Waals surface area contributed by atoms with E-state index in [-0.39, 0.29) is 6.61 Å². The molecule has 0 aliphatic heterocycles. The Balaban J connectivity index is 2.47. The number of aliphatic hydroxyl groups excluding tert-OH is 1. The highest BCUT2D eigenvalue weighted by atomic mass is 16.3. The Morgan fingerprint density at radius 1 is 1.35 bits per heavy atom. The molecule has 0 saturated heterocycles. The Morgan fingerprint density at radius 3 is 2.82 bits per heavy atom. The lowest BCUT2D eigenvalue weighted by Crippen LogP contribution is -2.04. The molecular weight excluding hydrogens is 212 g/mol. The van der Waals surface area contributed by atoms with E-state index in [1.54, 1.807) is 6.20 Å². The van der Waals surface area contributed by atoms with Gasteiger partial charge in [0, 0.05) is 11.3 Å². The molecule has 1 N–H and O–H groups in total. The van der Waals surface area contributed by atoms with Crippen LogP contribution in [0.5, 0.6) is 0 Å². The van der Waals surface area contributed by atoms with Crippen LogP contribution in [-0.2, 0) is 13.0 Å². The second kappa shape index (κ2) is 5.15. The quantitative estimate of drug-likeness (QED) is 0.876. The van der Waals surface area contributed by atoms with E-state index in [0.29, 0.717) is 0 Å². The second-order valence-corrected chi connectivity index (χ2v) is 4.28. The number of aryl methyl sites for hydroxylation is 1. The van der Waals surface area contributed by atoms with Crippen LogP contribution in [0.3, 0.4) is 0 Å². The van der Waals surface area contributed by atoms with Crippen molar-refractivity contribution in [1.29, 1.82) is 0 Å². The number of aliphatic hydroxyl groups is 1. The predicted octanol–water partition coefficient (Wildman–Crippen LogP) is 2.63. The zero-order chi connectivity index (χ0) is 12.3. The first-order valence-electron chi connectivity index (χ1n) is 6.00. The molecule has 1 heterocycles. The number of rotatable bonds is 4. The molecule has 3 heteroatoms. The van der Waals surface area contributed by atoms with Crippen LogP contribution in [0.4, 0.5) is 0 Å². The minimum atomic E-state index is 0.0567. The van der Waals surface area contributed by atoms with Gasteiger partial charge in [-0.1, -0.05) is 25.5 Å². The van der Waals surface area contributed by atoms with E-state index in [9.17, 15) is 5.11 Å². The summed E-state index contributed by atoms with van der Waals surface area (Å²) < 4.78 is 1.93.